The minimum absolute atomic E-state index is 0.00722. The Labute approximate surface area is 256 Å². The van der Waals surface area contributed by atoms with Crippen molar-refractivity contribution < 1.29 is 19.1 Å². The first kappa shape index (κ1) is 30.7. The molecule has 5 aromatic rings. The number of carbonyl (C=O) groups is 3. The quantitative estimate of drug-likeness (QED) is 0.156. The number of para-hydroxylation sites is 2. The highest BCUT2D eigenvalue weighted by Gasteiger charge is 2.40. The van der Waals surface area contributed by atoms with Gasteiger partial charge in [0.1, 0.15) is 12.6 Å². The summed E-state index contributed by atoms with van der Waals surface area (Å²) in [5, 5.41) is 1.87. The van der Waals surface area contributed by atoms with E-state index < -0.39 is 35.9 Å². The average Bonchev–Trinajstić information content (AvgIpc) is 3.63. The molecule has 0 fully saturated rings. The number of ether oxygens (including phenoxy) is 1. The summed E-state index contributed by atoms with van der Waals surface area (Å²) in [6.07, 6.45) is 4.15. The van der Waals surface area contributed by atoms with Gasteiger partial charge in [-0.15, -0.1) is 0 Å². The number of fused-ring (bicyclic) bond motifs is 2. The summed E-state index contributed by atoms with van der Waals surface area (Å²) in [7, 11) is 0. The molecule has 3 aromatic carbocycles. The summed E-state index contributed by atoms with van der Waals surface area (Å²) in [5.41, 5.74) is 17.4. The van der Waals surface area contributed by atoms with Crippen LogP contribution in [0.5, 0.6) is 0 Å². The number of hydrogen-bond acceptors (Lipinski definition) is 6. The van der Waals surface area contributed by atoms with Crippen LogP contribution in [0.15, 0.2) is 91.3 Å². The third-order valence-electron chi connectivity index (χ3n) is 7.84. The Morgan fingerprint density at radius 2 is 1.20 bits per heavy atom. The molecule has 0 unspecified atom stereocenters. The normalized spacial score (nSPS) is 13.6. The Morgan fingerprint density at radius 1 is 0.727 bits per heavy atom. The van der Waals surface area contributed by atoms with E-state index in [0.29, 0.717) is 0 Å². The molecule has 0 spiro atoms. The summed E-state index contributed by atoms with van der Waals surface area (Å²) < 4.78 is 5.68. The number of nitrogens with one attached hydrogen (secondary N) is 2. The molecule has 2 heterocycles. The molecule has 0 radical (unpaired) electrons. The minimum atomic E-state index is -1.19. The maximum absolute atomic E-state index is 14.2. The van der Waals surface area contributed by atoms with Crippen molar-refractivity contribution in [3.63, 3.8) is 0 Å². The Balaban J connectivity index is 1.44. The van der Waals surface area contributed by atoms with Gasteiger partial charge >= 0.3 is 5.97 Å². The number of imide groups is 1. The van der Waals surface area contributed by atoms with E-state index in [0.717, 1.165) is 43.4 Å². The Morgan fingerprint density at radius 3 is 1.70 bits per heavy atom. The fourth-order valence-corrected chi connectivity index (χ4v) is 5.60. The maximum Gasteiger partial charge on any atom is 0.329 e. The van der Waals surface area contributed by atoms with Crippen molar-refractivity contribution in [2.45, 2.75) is 57.8 Å². The van der Waals surface area contributed by atoms with Gasteiger partial charge in [-0.25, -0.2) is 4.79 Å². The number of aromatic amines is 2. The maximum atomic E-state index is 14.2. The predicted molar refractivity (Wildman–Crippen MR) is 171 cm³/mol. The Bertz CT molecular complexity index is 1650. The van der Waals surface area contributed by atoms with Crippen LogP contribution in [0.25, 0.3) is 21.8 Å². The number of carbonyl (C=O) groups excluding carboxylic acids is 3. The first-order valence-electron chi connectivity index (χ1n) is 14.9. The lowest BCUT2D eigenvalue weighted by molar-refractivity contribution is -0.164. The lowest BCUT2D eigenvalue weighted by Crippen LogP contribution is -2.59. The number of hydrogen-bond donors (Lipinski definition) is 4. The molecule has 0 aliphatic heterocycles. The van der Waals surface area contributed by atoms with Crippen LogP contribution >= 0.6 is 0 Å². The van der Waals surface area contributed by atoms with Crippen LogP contribution in [-0.4, -0.2) is 50.8 Å². The highest BCUT2D eigenvalue weighted by molar-refractivity contribution is 6.04. The van der Waals surface area contributed by atoms with Crippen molar-refractivity contribution in [2.24, 2.45) is 17.4 Å². The van der Waals surface area contributed by atoms with Gasteiger partial charge < -0.3 is 26.2 Å². The molecule has 0 aliphatic rings. The van der Waals surface area contributed by atoms with E-state index in [1.165, 1.54) is 0 Å². The van der Waals surface area contributed by atoms with Crippen LogP contribution in [0.4, 0.5) is 0 Å². The van der Waals surface area contributed by atoms with Gasteiger partial charge in [-0.05, 0) is 54.0 Å². The topological polar surface area (TPSA) is 147 Å². The first-order valence-corrected chi connectivity index (χ1v) is 14.9. The molecule has 2 amide bonds. The highest BCUT2D eigenvalue weighted by atomic mass is 16.5. The van der Waals surface area contributed by atoms with E-state index in [-0.39, 0.29) is 31.8 Å². The second-order valence-electron chi connectivity index (χ2n) is 11.6. The fourth-order valence-electron chi connectivity index (χ4n) is 5.60. The van der Waals surface area contributed by atoms with Crippen molar-refractivity contribution in [2.75, 3.05) is 0 Å². The zero-order valence-corrected chi connectivity index (χ0v) is 25.0. The molecule has 9 nitrogen and oxygen atoms in total. The van der Waals surface area contributed by atoms with Gasteiger partial charge in [0.2, 0.25) is 11.8 Å². The average molecular weight is 594 g/mol. The summed E-state index contributed by atoms with van der Waals surface area (Å²) in [6.45, 7) is 3.85. The van der Waals surface area contributed by atoms with Crippen LogP contribution in [0, 0.1) is 5.92 Å². The van der Waals surface area contributed by atoms with Crippen molar-refractivity contribution in [1.29, 1.82) is 0 Å². The smallest absolute Gasteiger partial charge is 0.329 e. The van der Waals surface area contributed by atoms with Crippen molar-refractivity contribution in [3.8, 4) is 0 Å². The number of benzene rings is 3. The molecule has 0 saturated heterocycles. The molecule has 9 heteroatoms. The monoisotopic (exact) mass is 593 g/mol. The number of H-pyrrole nitrogens is 2. The Hall–Kier alpha value is -4.73. The van der Waals surface area contributed by atoms with Gasteiger partial charge in [0.25, 0.3) is 0 Å². The van der Waals surface area contributed by atoms with Gasteiger partial charge in [0.15, 0.2) is 0 Å². The molecule has 228 valence electrons. The van der Waals surface area contributed by atoms with Crippen molar-refractivity contribution in [3.05, 3.63) is 108 Å². The van der Waals surface area contributed by atoms with E-state index in [1.807, 2.05) is 105 Å². The molecular formula is C35H39N5O4. The van der Waals surface area contributed by atoms with E-state index in [4.69, 9.17) is 16.2 Å². The summed E-state index contributed by atoms with van der Waals surface area (Å²) >= 11 is 0. The number of rotatable bonds is 12. The van der Waals surface area contributed by atoms with E-state index in [9.17, 15) is 14.4 Å². The molecule has 0 bridgehead atoms. The van der Waals surface area contributed by atoms with Gasteiger partial charge in [0.05, 0.1) is 12.1 Å². The van der Waals surface area contributed by atoms with E-state index in [2.05, 4.69) is 9.97 Å². The van der Waals surface area contributed by atoms with E-state index >= 15 is 0 Å². The lowest BCUT2D eigenvalue weighted by atomic mass is 9.97. The zero-order chi connectivity index (χ0) is 31.2. The lowest BCUT2D eigenvalue weighted by Gasteiger charge is -2.33. The third kappa shape index (κ3) is 6.90. The number of amides is 2. The molecule has 2 aromatic heterocycles. The number of nitrogens with zero attached hydrogens (tertiary/aromatic N) is 1. The van der Waals surface area contributed by atoms with Crippen LogP contribution in [0.2, 0.25) is 0 Å². The predicted octanol–water partition coefficient (Wildman–Crippen LogP) is 4.60. The molecule has 6 N–H and O–H groups in total. The second kappa shape index (κ2) is 13.7. The van der Waals surface area contributed by atoms with Gasteiger partial charge in [0, 0.05) is 34.2 Å². The first-order chi connectivity index (χ1) is 21.2. The van der Waals surface area contributed by atoms with Crippen molar-refractivity contribution in [1.82, 2.24) is 14.9 Å². The summed E-state index contributed by atoms with van der Waals surface area (Å²) in [4.78, 5) is 49.4. The molecule has 44 heavy (non-hydrogen) atoms. The summed E-state index contributed by atoms with van der Waals surface area (Å²) in [5.74, 6) is -2.06. The van der Waals surface area contributed by atoms with Gasteiger partial charge in [-0.3, -0.25) is 14.5 Å². The molecule has 0 aliphatic carbocycles. The summed E-state index contributed by atoms with van der Waals surface area (Å²) in [6, 6.07) is 21.3. The molecule has 3 atom stereocenters. The third-order valence-corrected chi connectivity index (χ3v) is 7.84. The SMILES string of the molecule is CC(C)C[C@@H](C(=O)OCc1ccccc1)N(C(=O)[C@@H](N)Cc1c[nH]c2ccccc12)C(=O)[C@@H](N)Cc1c[nH]c2ccccc12. The largest absolute Gasteiger partial charge is 0.459 e. The van der Waals surface area contributed by atoms with Crippen molar-refractivity contribution >= 4 is 39.6 Å². The zero-order valence-electron chi connectivity index (χ0n) is 25.0. The number of nitrogens with two attached hydrogens (primary N) is 2. The fraction of sp³-hybridized carbons (Fsp3) is 0.286. The van der Waals surface area contributed by atoms with Crippen LogP contribution in [0.3, 0.4) is 0 Å². The molecular weight excluding hydrogens is 554 g/mol. The second-order valence-corrected chi connectivity index (χ2v) is 11.6. The van der Waals surface area contributed by atoms with Gasteiger partial charge in [-0.1, -0.05) is 80.6 Å². The molecule has 5 rings (SSSR count). The van der Waals surface area contributed by atoms with Gasteiger partial charge in [-0.2, -0.15) is 0 Å². The Kier molecular flexibility index (Phi) is 9.57. The van der Waals surface area contributed by atoms with Crippen LogP contribution in [-0.2, 0) is 38.6 Å². The minimum Gasteiger partial charge on any atom is -0.459 e. The van der Waals surface area contributed by atoms with Crippen LogP contribution in [0.1, 0.15) is 37.0 Å². The van der Waals surface area contributed by atoms with Crippen LogP contribution < -0.4 is 11.5 Å². The standard InChI is InChI=1S/C35H39N5O4/c1-22(2)16-32(35(43)44-21-23-10-4-3-5-11-23)40(33(41)28(36)17-24-19-38-30-14-8-6-12-26(24)30)34(42)29(37)18-25-20-39-31-15-9-7-13-27(25)31/h3-15,19-20,22,28-29,32,38-39H,16-18,21,36-37H2,1-2H3/t28-,29-,32-/m0/s1. The number of aromatic nitrogens is 2. The molecule has 0 saturated carbocycles. The highest BCUT2D eigenvalue weighted by Crippen LogP contribution is 2.23. The number of esters is 1. The van der Waals surface area contributed by atoms with E-state index in [1.54, 1.807) is 0 Å².